The molecule has 2 aliphatic heterocycles. The number of amides is 1. The Kier molecular flexibility index (Phi) is 8.16. The summed E-state index contributed by atoms with van der Waals surface area (Å²) in [6, 6.07) is 9.79. The lowest BCUT2D eigenvalue weighted by atomic mass is 9.84. The molecular formula is C24H37N5O2. The van der Waals surface area contributed by atoms with Crippen molar-refractivity contribution in [2.24, 2.45) is 11.8 Å². The van der Waals surface area contributed by atoms with Crippen molar-refractivity contribution >= 4 is 11.8 Å². The normalized spacial score (nSPS) is 21.9. The third-order valence-electron chi connectivity index (χ3n) is 5.82. The van der Waals surface area contributed by atoms with E-state index in [0.29, 0.717) is 12.1 Å². The van der Waals surface area contributed by atoms with Gasteiger partial charge in [-0.1, -0.05) is 0 Å². The zero-order valence-corrected chi connectivity index (χ0v) is 19.2. The van der Waals surface area contributed by atoms with Gasteiger partial charge in [-0.2, -0.15) is 5.26 Å². The number of ether oxygens (including phenoxy) is 1. The molecule has 2 heterocycles. The Morgan fingerprint density at radius 2 is 1.68 bits per heavy atom. The number of rotatable bonds is 8. The van der Waals surface area contributed by atoms with Gasteiger partial charge in [0.15, 0.2) is 0 Å². The van der Waals surface area contributed by atoms with Crippen molar-refractivity contribution < 1.29 is 9.53 Å². The highest BCUT2D eigenvalue weighted by Crippen LogP contribution is 2.28. The summed E-state index contributed by atoms with van der Waals surface area (Å²) in [7, 11) is 0. The number of piperidine rings is 2. The molecule has 2 N–H and O–H groups in total. The summed E-state index contributed by atoms with van der Waals surface area (Å²) in [5.74, 6) is 1.45. The molecule has 3 rings (SSSR count). The number of benzene rings is 1. The fourth-order valence-electron chi connectivity index (χ4n) is 4.69. The number of carbonyl (C=O) groups excluding carboxylic acids is 1. The molecule has 1 aromatic carbocycles. The molecule has 2 aliphatic rings. The smallest absolute Gasteiger partial charge is 0.407 e. The minimum absolute atomic E-state index is 0.328. The first kappa shape index (κ1) is 23.4. The molecule has 31 heavy (non-hydrogen) atoms. The summed E-state index contributed by atoms with van der Waals surface area (Å²) >= 11 is 0. The quantitative estimate of drug-likeness (QED) is 0.621. The minimum atomic E-state index is -0.451. The third kappa shape index (κ3) is 8.04. The summed E-state index contributed by atoms with van der Waals surface area (Å²) in [6.07, 6.45) is 2.12. The van der Waals surface area contributed by atoms with Gasteiger partial charge in [0.25, 0.3) is 0 Å². The van der Waals surface area contributed by atoms with Crippen LogP contribution < -0.4 is 10.6 Å². The highest BCUT2D eigenvalue weighted by atomic mass is 16.6. The Labute approximate surface area is 186 Å². The van der Waals surface area contributed by atoms with Crippen LogP contribution in [0.4, 0.5) is 10.5 Å². The fourth-order valence-corrected chi connectivity index (χ4v) is 4.69. The summed E-state index contributed by atoms with van der Waals surface area (Å²) in [5, 5.41) is 15.2. The Morgan fingerprint density at radius 3 is 2.26 bits per heavy atom. The van der Waals surface area contributed by atoms with Crippen LogP contribution in [-0.2, 0) is 4.74 Å². The van der Waals surface area contributed by atoms with E-state index in [2.05, 4.69) is 26.5 Å². The summed E-state index contributed by atoms with van der Waals surface area (Å²) in [6.45, 7) is 13.8. The minimum Gasteiger partial charge on any atom is -0.444 e. The maximum atomic E-state index is 11.8. The second-order valence-electron chi connectivity index (χ2n) is 9.89. The number of hydrogen-bond acceptors (Lipinski definition) is 6. The molecule has 170 valence electrons. The number of alkyl carbamates (subject to hydrolysis) is 1. The number of nitriles is 1. The van der Waals surface area contributed by atoms with Crippen molar-refractivity contribution in [3.8, 4) is 6.07 Å². The van der Waals surface area contributed by atoms with Crippen molar-refractivity contribution in [1.82, 2.24) is 15.1 Å². The largest absolute Gasteiger partial charge is 0.444 e. The van der Waals surface area contributed by atoms with Gasteiger partial charge < -0.3 is 25.2 Å². The molecule has 2 unspecified atom stereocenters. The molecule has 2 saturated heterocycles. The fraction of sp³-hybridized carbons (Fsp3) is 0.667. The zero-order valence-electron chi connectivity index (χ0n) is 19.2. The van der Waals surface area contributed by atoms with Gasteiger partial charge in [0, 0.05) is 51.5 Å². The van der Waals surface area contributed by atoms with Gasteiger partial charge in [0.05, 0.1) is 11.6 Å². The van der Waals surface area contributed by atoms with Gasteiger partial charge in [-0.3, -0.25) is 0 Å². The van der Waals surface area contributed by atoms with E-state index in [4.69, 9.17) is 10.00 Å². The van der Waals surface area contributed by atoms with Crippen molar-refractivity contribution in [1.29, 1.82) is 5.26 Å². The average Bonchev–Trinajstić information content (AvgIpc) is 2.70. The van der Waals surface area contributed by atoms with Crippen molar-refractivity contribution in [2.75, 3.05) is 57.7 Å². The first-order valence-corrected chi connectivity index (χ1v) is 11.5. The summed E-state index contributed by atoms with van der Waals surface area (Å²) in [4.78, 5) is 16.9. The first-order chi connectivity index (χ1) is 14.8. The molecule has 2 bridgehead atoms. The molecule has 0 spiro atoms. The van der Waals surface area contributed by atoms with Gasteiger partial charge in [0.1, 0.15) is 5.60 Å². The van der Waals surface area contributed by atoms with Crippen LogP contribution >= 0.6 is 0 Å². The molecule has 1 amide bonds. The van der Waals surface area contributed by atoms with Crippen LogP contribution in [0.15, 0.2) is 24.3 Å². The molecule has 2 fully saturated rings. The number of nitrogens with zero attached hydrogens (tertiary/aromatic N) is 3. The first-order valence-electron chi connectivity index (χ1n) is 11.5. The number of hydrogen-bond donors (Lipinski definition) is 2. The lowest BCUT2D eigenvalue weighted by Gasteiger charge is -2.46. The summed E-state index contributed by atoms with van der Waals surface area (Å²) in [5.41, 5.74) is 1.32. The molecule has 0 radical (unpaired) electrons. The molecule has 0 aromatic heterocycles. The van der Waals surface area contributed by atoms with E-state index in [1.807, 2.05) is 45.0 Å². The highest BCUT2D eigenvalue weighted by molar-refractivity contribution is 5.67. The molecule has 0 aliphatic carbocycles. The number of carbonyl (C=O) groups is 1. The Balaban J connectivity index is 1.31. The van der Waals surface area contributed by atoms with Crippen LogP contribution in [0.2, 0.25) is 0 Å². The Hall–Kier alpha value is -2.30. The zero-order chi connectivity index (χ0) is 22.3. The van der Waals surface area contributed by atoms with E-state index in [-0.39, 0.29) is 6.09 Å². The highest BCUT2D eigenvalue weighted by Gasteiger charge is 2.33. The number of anilines is 1. The molecule has 1 aromatic rings. The second kappa shape index (κ2) is 10.8. The molecule has 2 atom stereocenters. The van der Waals surface area contributed by atoms with Gasteiger partial charge in [-0.05, 0) is 76.3 Å². The Morgan fingerprint density at radius 1 is 1.06 bits per heavy atom. The van der Waals surface area contributed by atoms with Gasteiger partial charge in [-0.25, -0.2) is 4.79 Å². The molecular weight excluding hydrogens is 390 g/mol. The maximum Gasteiger partial charge on any atom is 0.407 e. The van der Waals surface area contributed by atoms with E-state index < -0.39 is 5.60 Å². The monoisotopic (exact) mass is 427 g/mol. The van der Waals surface area contributed by atoms with E-state index in [0.717, 1.165) is 56.7 Å². The predicted octanol–water partition coefficient (Wildman–Crippen LogP) is 3.14. The predicted molar refractivity (Wildman–Crippen MR) is 123 cm³/mol. The van der Waals surface area contributed by atoms with E-state index >= 15 is 0 Å². The average molecular weight is 428 g/mol. The van der Waals surface area contributed by atoms with Crippen molar-refractivity contribution in [3.63, 3.8) is 0 Å². The summed E-state index contributed by atoms with van der Waals surface area (Å²) < 4.78 is 5.31. The van der Waals surface area contributed by atoms with E-state index in [1.54, 1.807) is 0 Å². The topological polar surface area (TPSA) is 80.6 Å². The maximum absolute atomic E-state index is 11.8. The third-order valence-corrected chi connectivity index (χ3v) is 5.82. The van der Waals surface area contributed by atoms with Crippen LogP contribution in [0, 0.1) is 23.2 Å². The second-order valence-corrected chi connectivity index (χ2v) is 9.89. The number of nitrogens with one attached hydrogen (secondary N) is 2. The number of likely N-dealkylation sites (tertiary alicyclic amines) is 2. The standard InChI is InChI=1S/C24H37N5O2/c1-24(2,3)31-23(30)27-10-12-29-17-20-13-21(18-29)16-28(15-20)11-4-9-26-22-7-5-19(14-25)6-8-22/h5-8,20-21,26H,4,9-13,15-18H2,1-3H3,(H,27,30). The Bertz CT molecular complexity index is 739. The molecule has 7 nitrogen and oxygen atoms in total. The SMILES string of the molecule is CC(C)(C)OC(=O)NCCN1CC2CC(CN(CCCNc3ccc(C#N)cc3)C2)C1. The van der Waals surface area contributed by atoms with Gasteiger partial charge in [-0.15, -0.1) is 0 Å². The number of fused-ring (bicyclic) bond motifs is 2. The lowest BCUT2D eigenvalue weighted by Crippen LogP contribution is -2.54. The van der Waals surface area contributed by atoms with Crippen LogP contribution in [0.25, 0.3) is 0 Å². The van der Waals surface area contributed by atoms with E-state index in [1.165, 1.54) is 19.5 Å². The van der Waals surface area contributed by atoms with Crippen molar-refractivity contribution in [2.45, 2.75) is 39.2 Å². The van der Waals surface area contributed by atoms with Gasteiger partial charge in [0.2, 0.25) is 0 Å². The van der Waals surface area contributed by atoms with Crippen LogP contribution in [0.1, 0.15) is 39.2 Å². The van der Waals surface area contributed by atoms with Crippen LogP contribution in [-0.4, -0.2) is 73.9 Å². The van der Waals surface area contributed by atoms with E-state index in [9.17, 15) is 4.79 Å². The van der Waals surface area contributed by atoms with Crippen LogP contribution in [0.5, 0.6) is 0 Å². The molecule has 7 heteroatoms. The van der Waals surface area contributed by atoms with Crippen LogP contribution in [0.3, 0.4) is 0 Å². The van der Waals surface area contributed by atoms with Gasteiger partial charge >= 0.3 is 6.09 Å². The van der Waals surface area contributed by atoms with Crippen molar-refractivity contribution in [3.05, 3.63) is 29.8 Å². The molecule has 0 saturated carbocycles. The lowest BCUT2D eigenvalue weighted by molar-refractivity contribution is 0.0297.